The zero-order valence-electron chi connectivity index (χ0n) is 19.9. The van der Waals surface area contributed by atoms with Crippen molar-refractivity contribution in [2.75, 3.05) is 13.1 Å². The second kappa shape index (κ2) is 10.6. The van der Waals surface area contributed by atoms with Gasteiger partial charge in [-0.3, -0.25) is 4.79 Å². The van der Waals surface area contributed by atoms with Crippen LogP contribution in [-0.4, -0.2) is 35.5 Å². The van der Waals surface area contributed by atoms with Gasteiger partial charge in [0.05, 0.1) is 23.2 Å². The zero-order chi connectivity index (χ0) is 25.0. The van der Waals surface area contributed by atoms with Gasteiger partial charge in [-0.15, -0.1) is 0 Å². The minimum Gasteiger partial charge on any atom is -0.356 e. The zero-order valence-corrected chi connectivity index (χ0v) is 20.7. The van der Waals surface area contributed by atoms with E-state index in [0.29, 0.717) is 48.3 Å². The molecular formula is C26H30N4O4S. The van der Waals surface area contributed by atoms with Crippen molar-refractivity contribution < 1.29 is 12.9 Å². The number of fused-ring (bicyclic) bond motifs is 1. The summed E-state index contributed by atoms with van der Waals surface area (Å²) >= 11 is 0. The van der Waals surface area contributed by atoms with Gasteiger partial charge < -0.3 is 14.8 Å². The topological polar surface area (TPSA) is 111 Å². The first-order chi connectivity index (χ1) is 16.9. The summed E-state index contributed by atoms with van der Waals surface area (Å²) < 4.78 is 36.1. The van der Waals surface area contributed by atoms with E-state index in [-0.39, 0.29) is 17.0 Å². The summed E-state index contributed by atoms with van der Waals surface area (Å²) in [5.74, 6) is 0. The normalized spacial score (nSPS) is 12.9. The van der Waals surface area contributed by atoms with Gasteiger partial charge in [-0.05, 0) is 44.0 Å². The van der Waals surface area contributed by atoms with Crippen molar-refractivity contribution in [2.24, 2.45) is 5.73 Å². The Morgan fingerprint density at radius 3 is 2.37 bits per heavy atom. The van der Waals surface area contributed by atoms with E-state index in [0.717, 1.165) is 5.56 Å². The molecule has 0 aliphatic carbocycles. The van der Waals surface area contributed by atoms with Gasteiger partial charge in [0.15, 0.2) is 5.58 Å². The standard InChI is InChI=1S/C26H30N4O4S/c1-3-22(30(16-10-15-27)35(32,33)21-13-8-5-9-14-21)23-17-24-25(19(2)28-34-24)26(31)29(23)18-20-11-6-4-7-12-20/h4-9,11-14,17,22H,3,10,15-16,18,27H2,1-2H3. The van der Waals surface area contributed by atoms with Crippen LogP contribution in [0.3, 0.4) is 0 Å². The number of pyridine rings is 1. The van der Waals surface area contributed by atoms with Gasteiger partial charge in [-0.2, -0.15) is 4.31 Å². The molecule has 2 N–H and O–H groups in total. The Hall–Kier alpha value is -3.27. The van der Waals surface area contributed by atoms with Gasteiger partial charge in [-0.1, -0.05) is 60.6 Å². The fourth-order valence-electron chi connectivity index (χ4n) is 4.39. The molecule has 0 spiro atoms. The summed E-state index contributed by atoms with van der Waals surface area (Å²) in [6.07, 6.45) is 0.929. The maximum absolute atomic E-state index is 13.8. The first kappa shape index (κ1) is 24.8. The number of hydrogen-bond donors (Lipinski definition) is 1. The number of aryl methyl sites for hydroxylation is 1. The molecule has 1 atom stereocenters. The van der Waals surface area contributed by atoms with Crippen molar-refractivity contribution in [3.8, 4) is 0 Å². The molecule has 0 saturated heterocycles. The number of aromatic nitrogens is 2. The van der Waals surface area contributed by atoms with Crippen molar-refractivity contribution in [2.45, 2.75) is 44.2 Å². The average Bonchev–Trinajstić information content (AvgIpc) is 3.25. The van der Waals surface area contributed by atoms with E-state index in [1.165, 1.54) is 4.31 Å². The molecule has 0 saturated carbocycles. The van der Waals surface area contributed by atoms with Crippen molar-refractivity contribution in [3.63, 3.8) is 0 Å². The molecule has 0 aliphatic rings. The number of benzene rings is 2. The second-order valence-corrected chi connectivity index (χ2v) is 10.3. The third-order valence-corrected chi connectivity index (χ3v) is 8.05. The Kier molecular flexibility index (Phi) is 7.49. The van der Waals surface area contributed by atoms with Crippen LogP contribution >= 0.6 is 0 Å². The van der Waals surface area contributed by atoms with Crippen LogP contribution in [0.2, 0.25) is 0 Å². The predicted molar refractivity (Wildman–Crippen MR) is 136 cm³/mol. The first-order valence-electron chi connectivity index (χ1n) is 11.7. The van der Waals surface area contributed by atoms with Crippen LogP contribution in [0.15, 0.2) is 80.9 Å². The molecule has 4 rings (SSSR count). The monoisotopic (exact) mass is 494 g/mol. The van der Waals surface area contributed by atoms with E-state index in [1.807, 2.05) is 37.3 Å². The van der Waals surface area contributed by atoms with Gasteiger partial charge in [0.1, 0.15) is 5.39 Å². The highest BCUT2D eigenvalue weighted by atomic mass is 32.2. The molecule has 0 amide bonds. The smallest absolute Gasteiger partial charge is 0.264 e. The molecule has 0 bridgehead atoms. The summed E-state index contributed by atoms with van der Waals surface area (Å²) in [5.41, 5.74) is 7.85. The van der Waals surface area contributed by atoms with E-state index in [9.17, 15) is 13.2 Å². The fourth-order valence-corrected chi connectivity index (χ4v) is 6.13. The lowest BCUT2D eigenvalue weighted by Crippen LogP contribution is -2.39. The molecule has 4 aromatic rings. The molecule has 2 aromatic heterocycles. The van der Waals surface area contributed by atoms with Crippen molar-refractivity contribution >= 4 is 21.0 Å². The third-order valence-electron chi connectivity index (χ3n) is 6.13. The van der Waals surface area contributed by atoms with E-state index in [4.69, 9.17) is 10.3 Å². The quantitative estimate of drug-likeness (QED) is 0.359. The van der Waals surface area contributed by atoms with E-state index >= 15 is 0 Å². The van der Waals surface area contributed by atoms with Gasteiger partial charge in [0.2, 0.25) is 10.0 Å². The first-order valence-corrected chi connectivity index (χ1v) is 13.1. The summed E-state index contributed by atoms with van der Waals surface area (Å²) in [6, 6.07) is 19.1. The number of rotatable bonds is 10. The highest BCUT2D eigenvalue weighted by molar-refractivity contribution is 7.89. The minimum atomic E-state index is -3.87. The van der Waals surface area contributed by atoms with Crippen LogP contribution in [0.25, 0.3) is 11.0 Å². The van der Waals surface area contributed by atoms with Crippen LogP contribution in [0, 0.1) is 6.92 Å². The molecule has 8 nitrogen and oxygen atoms in total. The third kappa shape index (κ3) is 4.93. The molecule has 0 fully saturated rings. The van der Waals surface area contributed by atoms with Crippen LogP contribution in [0.4, 0.5) is 0 Å². The molecule has 184 valence electrons. The lowest BCUT2D eigenvalue weighted by Gasteiger charge is -2.32. The number of nitrogens with two attached hydrogens (primary N) is 1. The molecule has 0 radical (unpaired) electrons. The lowest BCUT2D eigenvalue weighted by atomic mass is 10.1. The van der Waals surface area contributed by atoms with Gasteiger partial charge >= 0.3 is 0 Å². The predicted octanol–water partition coefficient (Wildman–Crippen LogP) is 3.84. The summed E-state index contributed by atoms with van der Waals surface area (Å²) in [5, 5.41) is 4.39. The summed E-state index contributed by atoms with van der Waals surface area (Å²) in [4.78, 5) is 13.9. The molecule has 2 aromatic carbocycles. The second-order valence-electron chi connectivity index (χ2n) is 8.45. The van der Waals surface area contributed by atoms with Gasteiger partial charge in [0, 0.05) is 18.3 Å². The molecule has 1 unspecified atom stereocenters. The maximum atomic E-state index is 13.8. The Balaban J connectivity index is 1.92. The summed E-state index contributed by atoms with van der Waals surface area (Å²) in [6.45, 7) is 4.49. The Labute approximate surface area is 205 Å². The average molecular weight is 495 g/mol. The minimum absolute atomic E-state index is 0.198. The van der Waals surface area contributed by atoms with Crippen molar-refractivity contribution in [1.82, 2.24) is 14.0 Å². The number of hydrogen-bond acceptors (Lipinski definition) is 6. The van der Waals surface area contributed by atoms with Gasteiger partial charge in [-0.25, -0.2) is 8.42 Å². The van der Waals surface area contributed by atoms with Crippen LogP contribution < -0.4 is 11.3 Å². The Bertz CT molecular complexity index is 1450. The molecule has 0 aliphatic heterocycles. The van der Waals surface area contributed by atoms with Crippen LogP contribution in [-0.2, 0) is 16.6 Å². The molecule has 2 heterocycles. The number of nitrogens with zero attached hydrogens (tertiary/aromatic N) is 3. The molecule has 35 heavy (non-hydrogen) atoms. The van der Waals surface area contributed by atoms with Crippen LogP contribution in [0.1, 0.15) is 42.8 Å². The van der Waals surface area contributed by atoms with Crippen molar-refractivity contribution in [3.05, 3.63) is 94.0 Å². The largest absolute Gasteiger partial charge is 0.356 e. The highest BCUT2D eigenvalue weighted by Crippen LogP contribution is 2.32. The number of sulfonamides is 1. The molecule has 9 heteroatoms. The summed E-state index contributed by atoms with van der Waals surface area (Å²) in [7, 11) is -3.87. The highest BCUT2D eigenvalue weighted by Gasteiger charge is 2.33. The molecular weight excluding hydrogens is 464 g/mol. The van der Waals surface area contributed by atoms with E-state index < -0.39 is 16.1 Å². The fraction of sp³-hybridized carbons (Fsp3) is 0.308. The van der Waals surface area contributed by atoms with E-state index in [1.54, 1.807) is 47.9 Å². The van der Waals surface area contributed by atoms with E-state index in [2.05, 4.69) is 5.16 Å². The SMILES string of the molecule is CCC(c1cc2onc(C)c2c(=O)n1Cc1ccccc1)N(CCCN)S(=O)(=O)c1ccccc1. The Morgan fingerprint density at radius 1 is 1.09 bits per heavy atom. The Morgan fingerprint density at radius 2 is 1.74 bits per heavy atom. The van der Waals surface area contributed by atoms with Gasteiger partial charge in [0.25, 0.3) is 5.56 Å². The van der Waals surface area contributed by atoms with Crippen molar-refractivity contribution in [1.29, 1.82) is 0 Å². The van der Waals surface area contributed by atoms with Crippen LogP contribution in [0.5, 0.6) is 0 Å². The lowest BCUT2D eigenvalue weighted by molar-refractivity contribution is 0.300. The maximum Gasteiger partial charge on any atom is 0.264 e.